The molecule has 0 aromatic heterocycles. The number of ether oxygens (including phenoxy) is 1. The maximum Gasteiger partial charge on any atom is 0.249 e. The highest BCUT2D eigenvalue weighted by atomic mass is 16.5. The summed E-state index contributed by atoms with van der Waals surface area (Å²) in [7, 11) is 0. The van der Waals surface area contributed by atoms with Crippen molar-refractivity contribution in [3.05, 3.63) is 59.7 Å². The van der Waals surface area contributed by atoms with Crippen molar-refractivity contribution in [3.8, 4) is 0 Å². The molecule has 0 bridgehead atoms. The third-order valence-electron chi connectivity index (χ3n) is 4.17. The first-order valence-corrected chi connectivity index (χ1v) is 7.47. The number of rotatable bonds is 4. The van der Waals surface area contributed by atoms with E-state index in [-0.39, 0.29) is 11.9 Å². The van der Waals surface area contributed by atoms with Crippen LogP contribution in [0.25, 0.3) is 0 Å². The van der Waals surface area contributed by atoms with Crippen LogP contribution in [0.2, 0.25) is 0 Å². The lowest BCUT2D eigenvalue weighted by Crippen LogP contribution is -2.43. The lowest BCUT2D eigenvalue weighted by Gasteiger charge is -2.32. The van der Waals surface area contributed by atoms with Gasteiger partial charge in [-0.1, -0.05) is 42.0 Å². The topological polar surface area (TPSA) is 29.5 Å². The van der Waals surface area contributed by atoms with Crippen molar-refractivity contribution >= 4 is 5.91 Å². The molecule has 3 rings (SSSR count). The van der Waals surface area contributed by atoms with E-state index in [2.05, 4.69) is 32.1 Å². The maximum absolute atomic E-state index is 12.3. The Bertz CT molecular complexity index is 586. The molecule has 0 spiro atoms. The van der Waals surface area contributed by atoms with E-state index >= 15 is 0 Å². The molecule has 1 saturated heterocycles. The molecule has 3 heteroatoms. The first-order chi connectivity index (χ1) is 10.1. The van der Waals surface area contributed by atoms with Crippen molar-refractivity contribution in [1.82, 2.24) is 4.90 Å². The van der Waals surface area contributed by atoms with E-state index in [1.807, 2.05) is 29.2 Å². The molecule has 0 radical (unpaired) electrons. The third-order valence-corrected chi connectivity index (χ3v) is 4.17. The summed E-state index contributed by atoms with van der Waals surface area (Å²) < 4.78 is 6.07. The molecule has 110 valence electrons. The van der Waals surface area contributed by atoms with E-state index in [1.165, 1.54) is 5.57 Å². The van der Waals surface area contributed by atoms with Crippen LogP contribution in [0.3, 0.4) is 0 Å². The molecule has 3 nitrogen and oxygen atoms in total. The molecule has 2 atom stereocenters. The van der Waals surface area contributed by atoms with Crippen molar-refractivity contribution < 1.29 is 9.53 Å². The van der Waals surface area contributed by atoms with Gasteiger partial charge in [0.05, 0.1) is 12.6 Å². The smallest absolute Gasteiger partial charge is 0.249 e. The standard InChI is InChI=1S/C18H21NO2/c1-14(2)7-6-11-18-12-10-17(20)19(18)16(13-21-18)15-8-4-3-5-9-15/h3-5,7-10,12,16H,6,11,13H2,1-2H3/t16-,18-/m0/s1. The number of carbonyl (C=O) groups is 1. The largest absolute Gasteiger partial charge is 0.349 e. The van der Waals surface area contributed by atoms with Crippen molar-refractivity contribution in [2.45, 2.75) is 38.5 Å². The number of hydrogen-bond donors (Lipinski definition) is 0. The molecule has 0 aliphatic carbocycles. The highest BCUT2D eigenvalue weighted by Gasteiger charge is 2.51. The predicted molar refractivity (Wildman–Crippen MR) is 82.5 cm³/mol. The maximum atomic E-state index is 12.3. The molecule has 1 fully saturated rings. The Balaban J connectivity index is 1.84. The minimum Gasteiger partial charge on any atom is -0.349 e. The summed E-state index contributed by atoms with van der Waals surface area (Å²) in [5, 5.41) is 0. The molecule has 2 heterocycles. The molecule has 1 aromatic carbocycles. The zero-order chi connectivity index (χ0) is 14.9. The van der Waals surface area contributed by atoms with Gasteiger partial charge in [-0.05, 0) is 31.9 Å². The second-order valence-electron chi connectivity index (χ2n) is 5.94. The lowest BCUT2D eigenvalue weighted by molar-refractivity contribution is -0.136. The number of hydrogen-bond acceptors (Lipinski definition) is 2. The van der Waals surface area contributed by atoms with E-state index in [9.17, 15) is 4.79 Å². The Kier molecular flexibility index (Phi) is 3.68. The van der Waals surface area contributed by atoms with Crippen LogP contribution >= 0.6 is 0 Å². The van der Waals surface area contributed by atoms with Crippen molar-refractivity contribution in [3.63, 3.8) is 0 Å². The summed E-state index contributed by atoms with van der Waals surface area (Å²) >= 11 is 0. The number of carbonyl (C=O) groups excluding carboxylic acids is 1. The summed E-state index contributed by atoms with van der Waals surface area (Å²) in [4.78, 5) is 14.2. The Morgan fingerprint density at radius 1 is 1.38 bits per heavy atom. The van der Waals surface area contributed by atoms with Gasteiger partial charge in [0, 0.05) is 12.5 Å². The monoisotopic (exact) mass is 283 g/mol. The lowest BCUT2D eigenvalue weighted by atomic mass is 10.0. The van der Waals surface area contributed by atoms with Crippen molar-refractivity contribution in [1.29, 1.82) is 0 Å². The van der Waals surface area contributed by atoms with Crippen LogP contribution in [0.5, 0.6) is 0 Å². The Morgan fingerprint density at radius 2 is 2.14 bits per heavy atom. The minimum atomic E-state index is -0.552. The van der Waals surface area contributed by atoms with Crippen LogP contribution in [0.4, 0.5) is 0 Å². The normalized spacial score (nSPS) is 27.0. The van der Waals surface area contributed by atoms with E-state index in [1.54, 1.807) is 6.08 Å². The van der Waals surface area contributed by atoms with Gasteiger partial charge in [0.1, 0.15) is 0 Å². The van der Waals surface area contributed by atoms with Gasteiger partial charge in [-0.2, -0.15) is 0 Å². The van der Waals surface area contributed by atoms with Crippen LogP contribution < -0.4 is 0 Å². The predicted octanol–water partition coefficient (Wildman–Crippen LogP) is 3.60. The average molecular weight is 283 g/mol. The summed E-state index contributed by atoms with van der Waals surface area (Å²) in [5.74, 6) is 0.0542. The molecule has 0 unspecified atom stereocenters. The summed E-state index contributed by atoms with van der Waals surface area (Å²) in [6, 6.07) is 10.1. The van der Waals surface area contributed by atoms with Crippen LogP contribution in [0.15, 0.2) is 54.1 Å². The van der Waals surface area contributed by atoms with Gasteiger partial charge in [0.15, 0.2) is 5.72 Å². The van der Waals surface area contributed by atoms with E-state index in [0.717, 1.165) is 18.4 Å². The van der Waals surface area contributed by atoms with Gasteiger partial charge in [-0.25, -0.2) is 0 Å². The Morgan fingerprint density at radius 3 is 2.86 bits per heavy atom. The highest BCUT2D eigenvalue weighted by molar-refractivity contribution is 5.92. The molecule has 1 aromatic rings. The van der Waals surface area contributed by atoms with Crippen molar-refractivity contribution in [2.75, 3.05) is 6.61 Å². The number of fused-ring (bicyclic) bond motifs is 1. The minimum absolute atomic E-state index is 0.0143. The van der Waals surface area contributed by atoms with Crippen LogP contribution in [0, 0.1) is 0 Å². The van der Waals surface area contributed by atoms with Crippen LogP contribution in [-0.4, -0.2) is 23.1 Å². The van der Waals surface area contributed by atoms with Crippen molar-refractivity contribution in [2.24, 2.45) is 0 Å². The quantitative estimate of drug-likeness (QED) is 0.790. The zero-order valence-corrected chi connectivity index (χ0v) is 12.6. The van der Waals surface area contributed by atoms with Crippen LogP contribution in [0.1, 0.15) is 38.3 Å². The number of amides is 1. The fourth-order valence-corrected chi connectivity index (χ4v) is 3.15. The first-order valence-electron chi connectivity index (χ1n) is 7.47. The second-order valence-corrected chi connectivity index (χ2v) is 5.94. The SMILES string of the molecule is CC(C)=CCC[C@]12C=CC(=O)N1[C@H](c1ccccc1)CO2. The van der Waals surface area contributed by atoms with Gasteiger partial charge < -0.3 is 4.74 Å². The molecular weight excluding hydrogens is 262 g/mol. The Labute approximate surface area is 125 Å². The van der Waals surface area contributed by atoms with Gasteiger partial charge in [0.2, 0.25) is 5.91 Å². The fourth-order valence-electron chi connectivity index (χ4n) is 3.15. The number of allylic oxidation sites excluding steroid dienone is 2. The zero-order valence-electron chi connectivity index (χ0n) is 12.6. The Hall–Kier alpha value is -1.87. The molecular formula is C18H21NO2. The van der Waals surface area contributed by atoms with E-state index in [0.29, 0.717) is 6.61 Å². The van der Waals surface area contributed by atoms with E-state index in [4.69, 9.17) is 4.74 Å². The molecule has 0 saturated carbocycles. The van der Waals surface area contributed by atoms with E-state index < -0.39 is 5.72 Å². The second kappa shape index (κ2) is 5.49. The number of nitrogens with zero attached hydrogens (tertiary/aromatic N) is 1. The number of benzene rings is 1. The highest BCUT2D eigenvalue weighted by Crippen LogP contribution is 2.43. The van der Waals surface area contributed by atoms with Gasteiger partial charge in [0.25, 0.3) is 0 Å². The third kappa shape index (κ3) is 2.54. The van der Waals surface area contributed by atoms with Gasteiger partial charge in [-0.15, -0.1) is 0 Å². The average Bonchev–Trinajstić information content (AvgIpc) is 2.99. The molecule has 0 N–H and O–H groups in total. The molecule has 1 amide bonds. The molecule has 21 heavy (non-hydrogen) atoms. The summed E-state index contributed by atoms with van der Waals surface area (Å²) in [5.41, 5.74) is 1.88. The fraction of sp³-hybridized carbons (Fsp3) is 0.389. The first kappa shape index (κ1) is 14.1. The summed E-state index contributed by atoms with van der Waals surface area (Å²) in [6.45, 7) is 4.75. The van der Waals surface area contributed by atoms with Gasteiger partial charge in [-0.3, -0.25) is 9.69 Å². The van der Waals surface area contributed by atoms with Gasteiger partial charge >= 0.3 is 0 Å². The molecule has 2 aliphatic heterocycles. The molecule has 2 aliphatic rings. The summed E-state index contributed by atoms with van der Waals surface area (Å²) in [6.07, 6.45) is 7.50. The van der Waals surface area contributed by atoms with Crippen LogP contribution in [-0.2, 0) is 9.53 Å².